The van der Waals surface area contributed by atoms with Crippen LogP contribution in [0, 0.1) is 23.7 Å². The Morgan fingerprint density at radius 1 is 0.633 bits per heavy atom. The van der Waals surface area contributed by atoms with Gasteiger partial charge in [0, 0.05) is 31.9 Å². The summed E-state index contributed by atoms with van der Waals surface area (Å²) in [5.41, 5.74) is 2.67. The zero-order valence-corrected chi connectivity index (χ0v) is 30.5. The minimum Gasteiger partial charge on any atom is -0.493 e. The minimum absolute atomic E-state index is 0.0638. The van der Waals surface area contributed by atoms with Crippen LogP contribution < -0.4 is 18.9 Å². The third kappa shape index (κ3) is 16.6. The molecule has 0 radical (unpaired) electrons. The van der Waals surface area contributed by atoms with Crippen molar-refractivity contribution in [2.45, 2.75) is 52.9 Å². The zero-order chi connectivity index (χ0) is 35.9. The number of hydrogen-bond acceptors (Lipinski definition) is 10. The fourth-order valence-electron chi connectivity index (χ4n) is 4.29. The highest BCUT2D eigenvalue weighted by Crippen LogP contribution is 2.35. The van der Waals surface area contributed by atoms with E-state index < -0.39 is 15.9 Å². The molecule has 272 valence electrons. The van der Waals surface area contributed by atoms with Crippen LogP contribution in [0.5, 0.6) is 23.0 Å². The largest absolute Gasteiger partial charge is 0.493 e. The van der Waals surface area contributed by atoms with Crippen LogP contribution in [0.4, 0.5) is 0 Å². The Kier molecular flexibility index (Phi) is 20.2. The molecule has 0 amide bonds. The maximum atomic E-state index is 11.3. The molecule has 0 fully saturated rings. The lowest BCUT2D eigenvalue weighted by Gasteiger charge is -2.18. The standard InChI is InChI=1S/C37H52O11S/c1-7-9-14-46-37-27-32(36(28-33(37)29(3)4)45-15-10-24-49(38,39)40)13-12-31-26-34(47-22-20-43-18-16-41-5)30(11-8-2)25-35(31)48-23-21-44-19-17-42-6/h25-29H,7,9-10,14-24H2,1-6H3,(H,38,39,40). The second kappa shape index (κ2) is 23.8. The van der Waals surface area contributed by atoms with E-state index >= 15 is 0 Å². The lowest BCUT2D eigenvalue weighted by Crippen LogP contribution is -2.12. The number of rotatable bonds is 24. The molecule has 0 heterocycles. The van der Waals surface area contributed by atoms with Crippen LogP contribution in [0.1, 0.15) is 75.1 Å². The molecule has 2 aromatic rings. The molecule has 0 aromatic heterocycles. The number of methoxy groups -OCH3 is 2. The number of benzene rings is 2. The second-order valence-corrected chi connectivity index (χ2v) is 12.7. The van der Waals surface area contributed by atoms with Crippen LogP contribution in [0.3, 0.4) is 0 Å². The topological polar surface area (TPSA) is 128 Å². The molecule has 0 aliphatic rings. The summed E-state index contributed by atoms with van der Waals surface area (Å²) in [5.74, 6) is 14.4. The van der Waals surface area contributed by atoms with Crippen LogP contribution in [-0.4, -0.2) is 99.0 Å². The van der Waals surface area contributed by atoms with Gasteiger partial charge >= 0.3 is 0 Å². The Bertz CT molecular complexity index is 1500. The van der Waals surface area contributed by atoms with Crippen molar-refractivity contribution in [1.82, 2.24) is 0 Å². The maximum absolute atomic E-state index is 11.3. The van der Waals surface area contributed by atoms with E-state index in [1.165, 1.54) is 0 Å². The quantitative estimate of drug-likeness (QED) is 0.0846. The van der Waals surface area contributed by atoms with E-state index in [0.717, 1.165) is 18.4 Å². The molecule has 12 heteroatoms. The molecule has 0 saturated carbocycles. The average Bonchev–Trinajstić information content (AvgIpc) is 3.06. The third-order valence-corrected chi connectivity index (χ3v) is 7.61. The molecule has 0 spiro atoms. The number of unbranched alkanes of at least 4 members (excludes halogenated alkanes) is 1. The summed E-state index contributed by atoms with van der Waals surface area (Å²) in [6, 6.07) is 7.32. The molecule has 2 rings (SSSR count). The first-order valence-electron chi connectivity index (χ1n) is 16.5. The van der Waals surface area contributed by atoms with E-state index in [-0.39, 0.29) is 25.6 Å². The SMILES string of the molecule is CC#Cc1cc(OCCOCCOC)c(C#Cc2cc(OCCCC)c(C(C)C)cc2OCCCS(=O)(=O)O)cc1OCCOCCOC. The zero-order valence-electron chi connectivity index (χ0n) is 29.7. The van der Waals surface area contributed by atoms with Gasteiger partial charge in [0.1, 0.15) is 36.2 Å². The molecule has 0 atom stereocenters. The number of ether oxygens (including phenoxy) is 8. The van der Waals surface area contributed by atoms with E-state index in [0.29, 0.717) is 92.5 Å². The van der Waals surface area contributed by atoms with Gasteiger partial charge in [0.2, 0.25) is 0 Å². The Hall–Kier alpha value is -3.49. The smallest absolute Gasteiger partial charge is 0.264 e. The first-order chi connectivity index (χ1) is 23.6. The Balaban J connectivity index is 2.56. The first kappa shape index (κ1) is 41.7. The van der Waals surface area contributed by atoms with Crippen LogP contribution >= 0.6 is 0 Å². The molecular weight excluding hydrogens is 652 g/mol. The summed E-state index contributed by atoms with van der Waals surface area (Å²) in [4.78, 5) is 0. The van der Waals surface area contributed by atoms with E-state index in [2.05, 4.69) is 44.5 Å². The van der Waals surface area contributed by atoms with Gasteiger partial charge in [-0.2, -0.15) is 8.42 Å². The highest BCUT2D eigenvalue weighted by Gasteiger charge is 2.16. The van der Waals surface area contributed by atoms with Crippen molar-refractivity contribution in [3.05, 3.63) is 46.5 Å². The van der Waals surface area contributed by atoms with Crippen molar-refractivity contribution in [3.8, 4) is 46.7 Å². The molecule has 0 aliphatic heterocycles. The molecule has 0 bridgehead atoms. The molecule has 1 N–H and O–H groups in total. The lowest BCUT2D eigenvalue weighted by atomic mass is 9.99. The van der Waals surface area contributed by atoms with Crippen molar-refractivity contribution < 1.29 is 50.9 Å². The molecule has 11 nitrogen and oxygen atoms in total. The summed E-state index contributed by atoms with van der Waals surface area (Å²) < 4.78 is 77.4. The fourth-order valence-corrected chi connectivity index (χ4v) is 4.77. The van der Waals surface area contributed by atoms with Crippen molar-refractivity contribution in [3.63, 3.8) is 0 Å². The minimum atomic E-state index is -4.11. The fraction of sp³-hybridized carbons (Fsp3) is 0.568. The molecule has 2 aromatic carbocycles. The van der Waals surface area contributed by atoms with E-state index in [4.69, 9.17) is 37.9 Å². The third-order valence-electron chi connectivity index (χ3n) is 6.80. The van der Waals surface area contributed by atoms with Gasteiger partial charge in [-0.15, -0.1) is 5.92 Å². The van der Waals surface area contributed by atoms with Crippen LogP contribution in [0.2, 0.25) is 0 Å². The van der Waals surface area contributed by atoms with Gasteiger partial charge in [-0.05, 0) is 37.8 Å². The van der Waals surface area contributed by atoms with Crippen molar-refractivity contribution in [1.29, 1.82) is 0 Å². The van der Waals surface area contributed by atoms with Gasteiger partial charge < -0.3 is 37.9 Å². The maximum Gasteiger partial charge on any atom is 0.264 e. The molecular formula is C37H52O11S. The summed E-state index contributed by atoms with van der Waals surface area (Å²) in [6.45, 7) is 11.7. The Labute approximate surface area is 292 Å². The van der Waals surface area contributed by atoms with E-state index in [1.807, 2.05) is 12.1 Å². The molecule has 0 unspecified atom stereocenters. The summed E-state index contributed by atoms with van der Waals surface area (Å²) in [6.07, 6.45) is 1.99. The van der Waals surface area contributed by atoms with Gasteiger partial charge in [-0.25, -0.2) is 0 Å². The van der Waals surface area contributed by atoms with Gasteiger partial charge in [0.05, 0.1) is 75.3 Å². The summed E-state index contributed by atoms with van der Waals surface area (Å²) >= 11 is 0. The van der Waals surface area contributed by atoms with Gasteiger partial charge in [0.25, 0.3) is 10.1 Å². The van der Waals surface area contributed by atoms with Gasteiger partial charge in [-0.3, -0.25) is 4.55 Å². The predicted octanol–water partition coefficient (Wildman–Crippen LogP) is 5.50. The highest BCUT2D eigenvalue weighted by atomic mass is 32.2. The van der Waals surface area contributed by atoms with E-state index in [9.17, 15) is 13.0 Å². The molecule has 0 saturated heterocycles. The molecule has 49 heavy (non-hydrogen) atoms. The van der Waals surface area contributed by atoms with Crippen LogP contribution in [0.15, 0.2) is 24.3 Å². The monoisotopic (exact) mass is 704 g/mol. The number of hydrogen-bond donors (Lipinski definition) is 1. The summed E-state index contributed by atoms with van der Waals surface area (Å²) in [7, 11) is -0.881. The normalized spacial score (nSPS) is 11.0. The van der Waals surface area contributed by atoms with Gasteiger partial charge in [0.15, 0.2) is 0 Å². The first-order valence-corrected chi connectivity index (χ1v) is 18.1. The predicted molar refractivity (Wildman–Crippen MR) is 189 cm³/mol. The van der Waals surface area contributed by atoms with Crippen molar-refractivity contribution in [2.24, 2.45) is 0 Å². The average molecular weight is 705 g/mol. The van der Waals surface area contributed by atoms with E-state index in [1.54, 1.807) is 33.3 Å². The lowest BCUT2D eigenvalue weighted by molar-refractivity contribution is 0.0538. The van der Waals surface area contributed by atoms with Crippen molar-refractivity contribution in [2.75, 3.05) is 86.0 Å². The highest BCUT2D eigenvalue weighted by molar-refractivity contribution is 7.85. The van der Waals surface area contributed by atoms with Crippen LogP contribution in [0.25, 0.3) is 0 Å². The molecule has 0 aliphatic carbocycles. The summed E-state index contributed by atoms with van der Waals surface area (Å²) in [5, 5.41) is 0. The van der Waals surface area contributed by atoms with Crippen LogP contribution in [-0.2, 0) is 29.1 Å². The Morgan fingerprint density at radius 2 is 1.08 bits per heavy atom. The van der Waals surface area contributed by atoms with Crippen molar-refractivity contribution >= 4 is 10.1 Å². The Morgan fingerprint density at radius 3 is 1.57 bits per heavy atom. The van der Waals surface area contributed by atoms with Gasteiger partial charge in [-0.1, -0.05) is 45.0 Å². The second-order valence-electron chi connectivity index (χ2n) is 11.1.